The average molecular weight is 561 g/mol. The monoisotopic (exact) mass is 560 g/mol. The molecule has 0 fully saturated rings. The molecular formula is C24H18Cl2N4O4S2. The number of aromatic nitrogens is 2. The standard InChI is InChI=1S/C24H18Cl2N4O4S2/c25-19-10-7-17(11-20(19)26)30-22(12-21(29-30)24(31)32)15-3-1-14(2-4-15)13-28-23(35)16-5-8-18(9-6-16)36(27,33)34/h1-12H,13H2,(H,28,35)(H,31,32)(H2,27,33,34). The smallest absolute Gasteiger partial charge is 0.356 e. The van der Waals surface area contributed by atoms with E-state index >= 15 is 0 Å². The zero-order chi connectivity index (χ0) is 26.0. The van der Waals surface area contributed by atoms with Crippen LogP contribution in [-0.4, -0.2) is 34.3 Å². The topological polar surface area (TPSA) is 127 Å². The molecular weight excluding hydrogens is 543 g/mol. The summed E-state index contributed by atoms with van der Waals surface area (Å²) in [6.07, 6.45) is 0. The lowest BCUT2D eigenvalue weighted by atomic mass is 10.1. The zero-order valence-electron chi connectivity index (χ0n) is 18.4. The molecule has 0 radical (unpaired) electrons. The number of carboxylic acid groups (broad SMARTS) is 1. The molecule has 8 nitrogen and oxygen atoms in total. The zero-order valence-corrected chi connectivity index (χ0v) is 21.5. The molecule has 4 aromatic rings. The number of sulfonamides is 1. The number of nitrogens with zero attached hydrogens (tertiary/aromatic N) is 2. The number of aromatic carboxylic acids is 1. The van der Waals surface area contributed by atoms with Crippen molar-refractivity contribution < 1.29 is 18.3 Å². The normalized spacial score (nSPS) is 11.3. The molecule has 0 aliphatic carbocycles. The van der Waals surface area contributed by atoms with E-state index in [0.29, 0.717) is 38.5 Å². The summed E-state index contributed by atoms with van der Waals surface area (Å²) in [5, 5.41) is 22.6. The Morgan fingerprint density at radius 3 is 2.25 bits per heavy atom. The SMILES string of the molecule is NS(=O)(=O)c1ccc(C(=S)NCc2ccc(-c3cc(C(=O)O)nn3-c3ccc(Cl)c(Cl)c3)cc2)cc1. The van der Waals surface area contributed by atoms with Crippen molar-refractivity contribution in [1.82, 2.24) is 15.1 Å². The fourth-order valence-corrected chi connectivity index (χ4v) is 4.39. The minimum Gasteiger partial charge on any atom is -0.476 e. The second-order valence-corrected chi connectivity index (χ2v) is 10.5. The van der Waals surface area contributed by atoms with Crippen LogP contribution in [0, 0.1) is 0 Å². The van der Waals surface area contributed by atoms with Crippen LogP contribution in [0.15, 0.2) is 77.7 Å². The maximum Gasteiger partial charge on any atom is 0.356 e. The number of primary sulfonamides is 1. The third-order valence-corrected chi connectivity index (χ3v) is 7.27. The van der Waals surface area contributed by atoms with Crippen LogP contribution >= 0.6 is 35.4 Å². The molecule has 0 bridgehead atoms. The molecule has 1 aromatic heterocycles. The van der Waals surface area contributed by atoms with Gasteiger partial charge in [0.05, 0.1) is 26.3 Å². The molecule has 0 saturated carbocycles. The molecule has 0 aliphatic heterocycles. The number of nitrogens with one attached hydrogen (secondary N) is 1. The molecule has 1 heterocycles. The number of halogens is 2. The van der Waals surface area contributed by atoms with Gasteiger partial charge in [-0.3, -0.25) is 0 Å². The summed E-state index contributed by atoms with van der Waals surface area (Å²) < 4.78 is 24.3. The van der Waals surface area contributed by atoms with Gasteiger partial charge in [0.25, 0.3) is 0 Å². The van der Waals surface area contributed by atoms with E-state index in [1.807, 2.05) is 24.3 Å². The van der Waals surface area contributed by atoms with Gasteiger partial charge in [-0.25, -0.2) is 23.0 Å². The van der Waals surface area contributed by atoms with E-state index in [2.05, 4.69) is 10.4 Å². The van der Waals surface area contributed by atoms with Gasteiger partial charge in [-0.1, -0.05) is 71.8 Å². The van der Waals surface area contributed by atoms with Crippen LogP contribution < -0.4 is 10.5 Å². The van der Waals surface area contributed by atoms with Gasteiger partial charge in [0.15, 0.2) is 5.69 Å². The molecule has 0 saturated heterocycles. The molecule has 0 unspecified atom stereocenters. The first-order chi connectivity index (χ1) is 17.0. The van der Waals surface area contributed by atoms with Crippen molar-refractivity contribution in [3.8, 4) is 16.9 Å². The molecule has 0 atom stereocenters. The maximum absolute atomic E-state index is 11.6. The van der Waals surface area contributed by atoms with Gasteiger partial charge in [-0.05, 0) is 42.0 Å². The summed E-state index contributed by atoms with van der Waals surface area (Å²) in [5.74, 6) is -1.15. The van der Waals surface area contributed by atoms with E-state index in [1.165, 1.54) is 22.9 Å². The number of hydrogen-bond donors (Lipinski definition) is 3. The molecule has 0 amide bonds. The lowest BCUT2D eigenvalue weighted by molar-refractivity contribution is 0.0690. The second-order valence-electron chi connectivity index (χ2n) is 7.68. The number of carbonyl (C=O) groups is 1. The number of benzene rings is 3. The average Bonchev–Trinajstić information content (AvgIpc) is 3.30. The first-order valence-corrected chi connectivity index (χ1v) is 13.0. The Morgan fingerprint density at radius 2 is 1.67 bits per heavy atom. The molecule has 4 N–H and O–H groups in total. The van der Waals surface area contributed by atoms with Crippen LogP contribution in [0.25, 0.3) is 16.9 Å². The van der Waals surface area contributed by atoms with Crippen molar-refractivity contribution in [3.05, 3.63) is 99.7 Å². The Labute approximate surface area is 222 Å². The van der Waals surface area contributed by atoms with Gasteiger partial charge in [0.1, 0.15) is 4.99 Å². The number of carboxylic acids is 1. The highest BCUT2D eigenvalue weighted by molar-refractivity contribution is 7.89. The lowest BCUT2D eigenvalue weighted by Gasteiger charge is -2.11. The third-order valence-electron chi connectivity index (χ3n) is 5.22. The predicted molar refractivity (Wildman–Crippen MR) is 142 cm³/mol. The summed E-state index contributed by atoms with van der Waals surface area (Å²) in [5.41, 5.74) is 3.33. The molecule has 3 aromatic carbocycles. The Morgan fingerprint density at radius 1 is 1.00 bits per heavy atom. The van der Waals surface area contributed by atoms with Crippen molar-refractivity contribution in [2.24, 2.45) is 5.14 Å². The molecule has 36 heavy (non-hydrogen) atoms. The highest BCUT2D eigenvalue weighted by atomic mass is 35.5. The second kappa shape index (κ2) is 10.4. The van der Waals surface area contributed by atoms with Crippen molar-refractivity contribution in [2.75, 3.05) is 0 Å². The Balaban J connectivity index is 1.53. The summed E-state index contributed by atoms with van der Waals surface area (Å²) in [7, 11) is -3.77. The van der Waals surface area contributed by atoms with Crippen LogP contribution in [0.5, 0.6) is 0 Å². The largest absolute Gasteiger partial charge is 0.476 e. The number of hydrogen-bond acceptors (Lipinski definition) is 5. The lowest BCUT2D eigenvalue weighted by Crippen LogP contribution is -2.22. The number of thiocarbonyl (C=S) groups is 1. The molecule has 0 spiro atoms. The molecule has 184 valence electrons. The molecule has 0 aliphatic rings. The highest BCUT2D eigenvalue weighted by Crippen LogP contribution is 2.29. The summed E-state index contributed by atoms with van der Waals surface area (Å²) in [4.78, 5) is 12.0. The quantitative estimate of drug-likeness (QED) is 0.280. The molecule has 12 heteroatoms. The van der Waals surface area contributed by atoms with Crippen LogP contribution in [0.2, 0.25) is 10.0 Å². The van der Waals surface area contributed by atoms with Gasteiger partial charge >= 0.3 is 5.97 Å². The van der Waals surface area contributed by atoms with E-state index in [9.17, 15) is 18.3 Å². The molecule has 4 rings (SSSR count). The van der Waals surface area contributed by atoms with E-state index in [-0.39, 0.29) is 10.6 Å². The van der Waals surface area contributed by atoms with E-state index in [0.717, 1.165) is 11.1 Å². The Hall–Kier alpha value is -3.28. The van der Waals surface area contributed by atoms with Crippen LogP contribution in [-0.2, 0) is 16.6 Å². The fraction of sp³-hybridized carbons (Fsp3) is 0.0417. The van der Waals surface area contributed by atoms with E-state index in [4.69, 9.17) is 40.6 Å². The summed E-state index contributed by atoms with van der Waals surface area (Å²) in [6, 6.07) is 19.8. The number of rotatable bonds is 7. The summed E-state index contributed by atoms with van der Waals surface area (Å²) in [6.45, 7) is 0.419. The van der Waals surface area contributed by atoms with Gasteiger partial charge in [0, 0.05) is 17.7 Å². The van der Waals surface area contributed by atoms with E-state index in [1.54, 1.807) is 30.3 Å². The van der Waals surface area contributed by atoms with Gasteiger partial charge in [0.2, 0.25) is 10.0 Å². The van der Waals surface area contributed by atoms with Crippen LogP contribution in [0.4, 0.5) is 0 Å². The first kappa shape index (κ1) is 25.8. The highest BCUT2D eigenvalue weighted by Gasteiger charge is 2.17. The van der Waals surface area contributed by atoms with Gasteiger partial charge in [-0.15, -0.1) is 0 Å². The van der Waals surface area contributed by atoms with Crippen molar-refractivity contribution in [3.63, 3.8) is 0 Å². The Kier molecular flexibility index (Phi) is 7.43. The van der Waals surface area contributed by atoms with Crippen molar-refractivity contribution >= 4 is 56.4 Å². The van der Waals surface area contributed by atoms with Crippen molar-refractivity contribution in [1.29, 1.82) is 0 Å². The maximum atomic E-state index is 11.6. The Bertz CT molecular complexity index is 1570. The fourth-order valence-electron chi connectivity index (χ4n) is 3.38. The number of nitrogens with two attached hydrogens (primary N) is 1. The van der Waals surface area contributed by atoms with Crippen LogP contribution in [0.1, 0.15) is 21.6 Å². The van der Waals surface area contributed by atoms with Gasteiger partial charge < -0.3 is 10.4 Å². The van der Waals surface area contributed by atoms with E-state index < -0.39 is 16.0 Å². The predicted octanol–water partition coefficient (Wildman–Crippen LogP) is 4.66. The van der Waals surface area contributed by atoms with Crippen LogP contribution in [0.3, 0.4) is 0 Å². The summed E-state index contributed by atoms with van der Waals surface area (Å²) >= 11 is 17.6. The first-order valence-electron chi connectivity index (χ1n) is 10.3. The minimum atomic E-state index is -3.77. The minimum absolute atomic E-state index is 0.0100. The van der Waals surface area contributed by atoms with Crippen molar-refractivity contribution in [2.45, 2.75) is 11.4 Å². The van der Waals surface area contributed by atoms with Gasteiger partial charge in [-0.2, -0.15) is 5.10 Å². The third kappa shape index (κ3) is 5.75.